The average Bonchev–Trinajstić information content (AvgIpc) is 2.54. The number of ether oxygens (including phenoxy) is 1. The lowest BCUT2D eigenvalue weighted by Gasteiger charge is -2.27. The highest BCUT2D eigenvalue weighted by atomic mass is 16.5. The van der Waals surface area contributed by atoms with Gasteiger partial charge in [0.1, 0.15) is 5.75 Å². The van der Waals surface area contributed by atoms with Gasteiger partial charge in [-0.15, -0.1) is 0 Å². The molecule has 3 nitrogen and oxygen atoms in total. The first-order chi connectivity index (χ1) is 11.5. The van der Waals surface area contributed by atoms with Crippen molar-refractivity contribution in [3.63, 3.8) is 0 Å². The number of hydrogen-bond acceptors (Lipinski definition) is 2. The molecule has 0 saturated heterocycles. The quantitative estimate of drug-likeness (QED) is 0.913. The third-order valence-corrected chi connectivity index (χ3v) is 4.56. The van der Waals surface area contributed by atoms with Crippen molar-refractivity contribution >= 4 is 5.91 Å². The van der Waals surface area contributed by atoms with E-state index in [1.807, 2.05) is 39.0 Å². The molecule has 3 heteroatoms. The van der Waals surface area contributed by atoms with Crippen LogP contribution in [0.25, 0.3) is 0 Å². The number of hydrogen-bond donors (Lipinski definition) is 1. The molecule has 2 aromatic rings. The van der Waals surface area contributed by atoms with Gasteiger partial charge in [-0.25, -0.2) is 0 Å². The van der Waals surface area contributed by atoms with Crippen LogP contribution in [0.4, 0.5) is 0 Å². The molecule has 0 heterocycles. The first-order valence-corrected chi connectivity index (χ1v) is 8.66. The highest BCUT2D eigenvalue weighted by Crippen LogP contribution is 2.29. The first-order valence-electron chi connectivity index (χ1n) is 8.66. The number of carbonyl (C=O) groups is 1. The Bertz CT molecular complexity index is 718. The molecule has 0 unspecified atom stereocenters. The van der Waals surface area contributed by atoms with Crippen LogP contribution in [0.2, 0.25) is 0 Å². The van der Waals surface area contributed by atoms with E-state index in [2.05, 4.69) is 29.6 Å². The molecule has 0 bridgehead atoms. The van der Waals surface area contributed by atoms with Gasteiger partial charge in [0, 0.05) is 0 Å². The van der Waals surface area contributed by atoms with E-state index < -0.39 is 6.10 Å². The summed E-state index contributed by atoms with van der Waals surface area (Å²) in [7, 11) is 0. The van der Waals surface area contributed by atoms with E-state index in [0.29, 0.717) is 0 Å². The fraction of sp³-hybridized carbons (Fsp3) is 0.381. The van der Waals surface area contributed by atoms with Gasteiger partial charge in [0.15, 0.2) is 6.10 Å². The van der Waals surface area contributed by atoms with Crippen LogP contribution in [-0.2, 0) is 11.2 Å². The zero-order chi connectivity index (χ0) is 17.1. The Balaban J connectivity index is 1.67. The average molecular weight is 323 g/mol. The summed E-state index contributed by atoms with van der Waals surface area (Å²) >= 11 is 0. The predicted octanol–water partition coefficient (Wildman–Crippen LogP) is 4.26. The first kappa shape index (κ1) is 16.6. The van der Waals surface area contributed by atoms with Crippen LogP contribution in [0.3, 0.4) is 0 Å². The van der Waals surface area contributed by atoms with E-state index in [0.717, 1.165) is 36.1 Å². The topological polar surface area (TPSA) is 38.3 Å². The van der Waals surface area contributed by atoms with Crippen molar-refractivity contribution in [3.8, 4) is 5.75 Å². The van der Waals surface area contributed by atoms with Crippen LogP contribution < -0.4 is 10.1 Å². The molecule has 1 aliphatic carbocycles. The largest absolute Gasteiger partial charge is 0.481 e. The molecule has 0 saturated carbocycles. The zero-order valence-corrected chi connectivity index (χ0v) is 14.6. The summed E-state index contributed by atoms with van der Waals surface area (Å²) in [6.45, 7) is 5.87. The third-order valence-electron chi connectivity index (χ3n) is 4.56. The zero-order valence-electron chi connectivity index (χ0n) is 14.6. The molecule has 0 fully saturated rings. The third kappa shape index (κ3) is 3.78. The van der Waals surface area contributed by atoms with Gasteiger partial charge in [0.25, 0.3) is 5.91 Å². The van der Waals surface area contributed by atoms with E-state index in [-0.39, 0.29) is 11.9 Å². The van der Waals surface area contributed by atoms with Crippen molar-refractivity contribution in [2.75, 3.05) is 0 Å². The predicted molar refractivity (Wildman–Crippen MR) is 96.3 cm³/mol. The lowest BCUT2D eigenvalue weighted by Crippen LogP contribution is -2.39. The summed E-state index contributed by atoms with van der Waals surface area (Å²) in [6.07, 6.45) is 2.67. The van der Waals surface area contributed by atoms with Crippen LogP contribution in [0.15, 0.2) is 42.5 Å². The van der Waals surface area contributed by atoms with E-state index in [1.165, 1.54) is 11.1 Å². The molecule has 0 aromatic heterocycles. The number of aryl methyl sites for hydroxylation is 3. The highest BCUT2D eigenvalue weighted by Gasteiger charge is 2.24. The van der Waals surface area contributed by atoms with Crippen molar-refractivity contribution in [2.24, 2.45) is 0 Å². The summed E-state index contributed by atoms with van der Waals surface area (Å²) < 4.78 is 5.86. The minimum Gasteiger partial charge on any atom is -0.481 e. The van der Waals surface area contributed by atoms with E-state index >= 15 is 0 Å². The number of rotatable bonds is 4. The minimum atomic E-state index is -0.514. The van der Waals surface area contributed by atoms with Gasteiger partial charge in [-0.05, 0) is 74.4 Å². The Hall–Kier alpha value is -2.29. The highest BCUT2D eigenvalue weighted by molar-refractivity contribution is 5.81. The molecule has 2 atom stereocenters. The molecule has 1 aliphatic rings. The normalized spacial score (nSPS) is 17.7. The van der Waals surface area contributed by atoms with Crippen LogP contribution in [0.5, 0.6) is 5.75 Å². The molecule has 126 valence electrons. The summed E-state index contributed by atoms with van der Waals surface area (Å²) in [4.78, 5) is 12.6. The second kappa shape index (κ2) is 7.08. The Morgan fingerprint density at radius 2 is 1.88 bits per heavy atom. The lowest BCUT2D eigenvalue weighted by molar-refractivity contribution is -0.128. The van der Waals surface area contributed by atoms with Gasteiger partial charge in [-0.1, -0.05) is 30.3 Å². The monoisotopic (exact) mass is 323 g/mol. The van der Waals surface area contributed by atoms with Crippen molar-refractivity contribution in [3.05, 3.63) is 64.7 Å². The SMILES string of the molecule is Cc1cc(C)cc(O[C@H](C)C(=O)N[C@H]2CCCc3ccccc32)c1. The van der Waals surface area contributed by atoms with Crippen LogP contribution in [0.1, 0.15) is 48.1 Å². The van der Waals surface area contributed by atoms with Crippen LogP contribution >= 0.6 is 0 Å². The lowest BCUT2D eigenvalue weighted by atomic mass is 9.87. The molecular formula is C21H25NO2. The number of nitrogens with one attached hydrogen (secondary N) is 1. The summed E-state index contributed by atoms with van der Waals surface area (Å²) in [5.74, 6) is 0.690. The maximum Gasteiger partial charge on any atom is 0.261 e. The van der Waals surface area contributed by atoms with Gasteiger partial charge in [0.2, 0.25) is 0 Å². The number of carbonyl (C=O) groups excluding carboxylic acids is 1. The minimum absolute atomic E-state index is 0.0594. The number of amides is 1. The van der Waals surface area contributed by atoms with Gasteiger partial charge in [-0.3, -0.25) is 4.79 Å². The van der Waals surface area contributed by atoms with Crippen molar-refractivity contribution in [2.45, 2.75) is 52.2 Å². The van der Waals surface area contributed by atoms with E-state index in [1.54, 1.807) is 0 Å². The second-order valence-electron chi connectivity index (χ2n) is 6.74. The molecule has 1 N–H and O–H groups in total. The maximum absolute atomic E-state index is 12.6. The van der Waals surface area contributed by atoms with Crippen LogP contribution in [0, 0.1) is 13.8 Å². The Morgan fingerprint density at radius 3 is 2.62 bits per heavy atom. The van der Waals surface area contributed by atoms with Gasteiger partial charge in [0.05, 0.1) is 6.04 Å². The molecule has 0 aliphatic heterocycles. The molecule has 0 spiro atoms. The standard InChI is InChI=1S/C21H25NO2/c1-14-11-15(2)13-18(12-14)24-16(3)21(23)22-20-10-6-8-17-7-4-5-9-19(17)20/h4-5,7,9,11-13,16,20H,6,8,10H2,1-3H3,(H,22,23)/t16-,20+/m1/s1. The molecule has 24 heavy (non-hydrogen) atoms. The van der Waals surface area contributed by atoms with Crippen molar-refractivity contribution in [1.82, 2.24) is 5.32 Å². The van der Waals surface area contributed by atoms with Gasteiger partial charge >= 0.3 is 0 Å². The molecule has 3 rings (SSSR count). The van der Waals surface area contributed by atoms with E-state index in [9.17, 15) is 4.79 Å². The molecule has 1 amide bonds. The Morgan fingerprint density at radius 1 is 1.17 bits per heavy atom. The number of fused-ring (bicyclic) bond motifs is 1. The van der Waals surface area contributed by atoms with Crippen molar-refractivity contribution < 1.29 is 9.53 Å². The molecule has 0 radical (unpaired) electrons. The summed E-state index contributed by atoms with van der Waals surface area (Å²) in [6, 6.07) is 14.5. The van der Waals surface area contributed by atoms with E-state index in [4.69, 9.17) is 4.74 Å². The second-order valence-corrected chi connectivity index (χ2v) is 6.74. The summed E-state index contributed by atoms with van der Waals surface area (Å²) in [5, 5.41) is 3.16. The molecular weight excluding hydrogens is 298 g/mol. The Kier molecular flexibility index (Phi) is 4.89. The molecule has 2 aromatic carbocycles. The van der Waals surface area contributed by atoms with Crippen molar-refractivity contribution in [1.29, 1.82) is 0 Å². The van der Waals surface area contributed by atoms with Gasteiger partial charge in [-0.2, -0.15) is 0 Å². The fourth-order valence-corrected chi connectivity index (χ4v) is 3.45. The van der Waals surface area contributed by atoms with Gasteiger partial charge < -0.3 is 10.1 Å². The summed E-state index contributed by atoms with van der Waals surface area (Å²) in [5.41, 5.74) is 4.87. The smallest absolute Gasteiger partial charge is 0.261 e. The maximum atomic E-state index is 12.6. The van der Waals surface area contributed by atoms with Crippen LogP contribution in [-0.4, -0.2) is 12.0 Å². The number of benzene rings is 2. The Labute approximate surface area is 144 Å². The fourth-order valence-electron chi connectivity index (χ4n) is 3.45.